The molecule has 0 aromatic carbocycles. The highest BCUT2D eigenvalue weighted by Crippen LogP contribution is 2.39. The third kappa shape index (κ3) is 2.58. The fraction of sp³-hybridized carbons (Fsp3) is 0.733. The first-order chi connectivity index (χ1) is 10.2. The number of amides is 1. The number of hydrogen-bond acceptors (Lipinski definition) is 4. The molecule has 1 aliphatic carbocycles. The first-order valence-electron chi connectivity index (χ1n) is 7.99. The third-order valence-electron chi connectivity index (χ3n) is 5.03. The Labute approximate surface area is 125 Å². The average Bonchev–Trinajstić information content (AvgIpc) is 3.28. The zero-order valence-electron chi connectivity index (χ0n) is 12.6. The van der Waals surface area contributed by atoms with E-state index in [9.17, 15) is 4.79 Å². The number of carbonyl (C=O) groups is 1. The summed E-state index contributed by atoms with van der Waals surface area (Å²) in [4.78, 5) is 17.3. The second kappa shape index (κ2) is 5.10. The van der Waals surface area contributed by atoms with E-state index < -0.39 is 0 Å². The van der Waals surface area contributed by atoms with Crippen LogP contribution in [0, 0.1) is 0 Å². The molecule has 4 aliphatic rings. The molecule has 1 aromatic heterocycles. The molecule has 1 unspecified atom stereocenters. The van der Waals surface area contributed by atoms with Gasteiger partial charge in [0, 0.05) is 64.0 Å². The molecular weight excluding hydrogens is 266 g/mol. The number of rotatable bonds is 4. The lowest BCUT2D eigenvalue weighted by atomic mass is 10.1. The summed E-state index contributed by atoms with van der Waals surface area (Å²) < 4.78 is 1.87. The lowest BCUT2D eigenvalue weighted by Crippen LogP contribution is -2.63. The number of aryl methyl sites for hydroxylation is 1. The van der Waals surface area contributed by atoms with Gasteiger partial charge >= 0.3 is 0 Å². The first kappa shape index (κ1) is 13.3. The van der Waals surface area contributed by atoms with Crippen LogP contribution in [0.3, 0.4) is 0 Å². The van der Waals surface area contributed by atoms with E-state index in [-0.39, 0.29) is 5.91 Å². The minimum Gasteiger partial charge on any atom is -0.349 e. The molecule has 1 atom stereocenters. The van der Waals surface area contributed by atoms with Gasteiger partial charge in [0.1, 0.15) is 5.69 Å². The summed E-state index contributed by atoms with van der Waals surface area (Å²) in [7, 11) is 1.93. The van der Waals surface area contributed by atoms with Crippen LogP contribution >= 0.6 is 0 Å². The topological polar surface area (TPSA) is 53.4 Å². The molecule has 1 amide bonds. The summed E-state index contributed by atoms with van der Waals surface area (Å²) >= 11 is 0. The average molecular weight is 289 g/mol. The van der Waals surface area contributed by atoms with Gasteiger partial charge in [-0.3, -0.25) is 19.3 Å². The Hall–Kier alpha value is -1.40. The van der Waals surface area contributed by atoms with Crippen molar-refractivity contribution < 1.29 is 4.79 Å². The molecule has 2 bridgehead atoms. The van der Waals surface area contributed by atoms with Gasteiger partial charge in [0.05, 0.1) is 0 Å². The van der Waals surface area contributed by atoms with Gasteiger partial charge in [-0.1, -0.05) is 0 Å². The van der Waals surface area contributed by atoms with E-state index in [4.69, 9.17) is 0 Å². The van der Waals surface area contributed by atoms with E-state index >= 15 is 0 Å². The second-order valence-electron chi connectivity index (χ2n) is 6.55. The minimum atomic E-state index is -0.0323. The van der Waals surface area contributed by atoms with Gasteiger partial charge in [-0.25, -0.2) is 0 Å². The summed E-state index contributed by atoms with van der Waals surface area (Å²) in [5.41, 5.74) is 1.77. The highest BCUT2D eigenvalue weighted by molar-refractivity contribution is 5.92. The fourth-order valence-corrected chi connectivity index (χ4v) is 3.57. The molecule has 0 radical (unpaired) electrons. The summed E-state index contributed by atoms with van der Waals surface area (Å²) in [6, 6.07) is 2.42. The molecule has 1 saturated carbocycles. The zero-order chi connectivity index (χ0) is 14.4. The van der Waals surface area contributed by atoms with Gasteiger partial charge in [-0.15, -0.1) is 0 Å². The largest absolute Gasteiger partial charge is 0.349 e. The number of nitrogens with one attached hydrogen (secondary N) is 1. The molecule has 6 heteroatoms. The smallest absolute Gasteiger partial charge is 0.271 e. The second-order valence-corrected chi connectivity index (χ2v) is 6.55. The van der Waals surface area contributed by atoms with Crippen LogP contribution in [0.15, 0.2) is 6.07 Å². The van der Waals surface area contributed by atoms with E-state index in [0.717, 1.165) is 26.2 Å². The molecule has 5 rings (SSSR count). The number of nitrogens with zero attached hydrogens (tertiary/aromatic N) is 4. The normalized spacial score (nSPS) is 31.4. The van der Waals surface area contributed by atoms with Crippen LogP contribution < -0.4 is 5.32 Å². The van der Waals surface area contributed by atoms with Crippen LogP contribution in [0.5, 0.6) is 0 Å². The van der Waals surface area contributed by atoms with Gasteiger partial charge in [0.15, 0.2) is 0 Å². The number of piperazine rings is 3. The molecule has 1 N–H and O–H groups in total. The molecule has 4 heterocycles. The number of aromatic nitrogens is 2. The third-order valence-corrected chi connectivity index (χ3v) is 5.03. The van der Waals surface area contributed by atoms with Crippen LogP contribution in [0.25, 0.3) is 0 Å². The van der Waals surface area contributed by atoms with Gasteiger partial charge in [-0.2, -0.15) is 5.10 Å². The summed E-state index contributed by atoms with van der Waals surface area (Å²) in [5, 5.41) is 7.43. The Balaban J connectivity index is 1.36. The highest BCUT2D eigenvalue weighted by Gasteiger charge is 2.32. The molecule has 6 nitrogen and oxygen atoms in total. The van der Waals surface area contributed by atoms with Gasteiger partial charge < -0.3 is 5.32 Å². The first-order valence-corrected chi connectivity index (χ1v) is 7.99. The van der Waals surface area contributed by atoms with E-state index in [2.05, 4.69) is 20.2 Å². The molecule has 4 fully saturated rings. The van der Waals surface area contributed by atoms with Crippen molar-refractivity contribution in [3.05, 3.63) is 17.5 Å². The Bertz CT molecular complexity index is 542. The van der Waals surface area contributed by atoms with Crippen LogP contribution in [-0.2, 0) is 7.05 Å². The molecule has 3 aliphatic heterocycles. The summed E-state index contributed by atoms with van der Waals surface area (Å²) in [5.74, 6) is 0.590. The summed E-state index contributed by atoms with van der Waals surface area (Å²) in [6.07, 6.45) is 2.46. The molecular formula is C15H23N5O. The van der Waals surface area contributed by atoms with E-state index in [1.165, 1.54) is 31.6 Å². The summed E-state index contributed by atoms with van der Waals surface area (Å²) in [6.45, 7) is 6.43. The standard InChI is InChI=1S/C15H23N5O/c1-18-14(11-2-3-11)8-13(17-18)15(21)16-9-12-10-19-4-6-20(12)7-5-19/h8,11-12H,2-7,9-10H2,1H3,(H,16,21). The van der Waals surface area contributed by atoms with Crippen molar-refractivity contribution in [1.29, 1.82) is 0 Å². The Kier molecular flexibility index (Phi) is 3.23. The van der Waals surface area contributed by atoms with Crippen molar-refractivity contribution >= 4 is 5.91 Å². The molecule has 1 aromatic rings. The number of hydrogen-bond donors (Lipinski definition) is 1. The fourth-order valence-electron chi connectivity index (χ4n) is 3.57. The van der Waals surface area contributed by atoms with Crippen molar-refractivity contribution in [2.45, 2.75) is 24.8 Å². The van der Waals surface area contributed by atoms with E-state index in [1.54, 1.807) is 0 Å². The van der Waals surface area contributed by atoms with Crippen molar-refractivity contribution in [3.63, 3.8) is 0 Å². The zero-order valence-corrected chi connectivity index (χ0v) is 12.6. The monoisotopic (exact) mass is 289 g/mol. The molecule has 0 spiro atoms. The SMILES string of the molecule is Cn1nc(C(=O)NCC2CN3CCN2CC3)cc1C1CC1. The van der Waals surface area contributed by atoms with Crippen molar-refractivity contribution in [2.24, 2.45) is 7.05 Å². The predicted octanol–water partition coefficient (Wildman–Crippen LogP) is 0.0271. The van der Waals surface area contributed by atoms with Crippen LogP contribution in [0.2, 0.25) is 0 Å². The maximum absolute atomic E-state index is 12.3. The predicted molar refractivity (Wildman–Crippen MR) is 79.3 cm³/mol. The molecule has 3 saturated heterocycles. The Morgan fingerprint density at radius 3 is 2.71 bits per heavy atom. The van der Waals surface area contributed by atoms with E-state index in [0.29, 0.717) is 17.7 Å². The van der Waals surface area contributed by atoms with Crippen molar-refractivity contribution in [1.82, 2.24) is 24.9 Å². The van der Waals surface area contributed by atoms with E-state index in [1.807, 2.05) is 17.8 Å². The Morgan fingerprint density at radius 2 is 2.10 bits per heavy atom. The quantitative estimate of drug-likeness (QED) is 0.849. The van der Waals surface area contributed by atoms with Crippen LogP contribution in [-0.4, -0.2) is 70.8 Å². The molecule has 114 valence electrons. The minimum absolute atomic E-state index is 0.0323. The van der Waals surface area contributed by atoms with Crippen LogP contribution in [0.4, 0.5) is 0 Å². The lowest BCUT2D eigenvalue weighted by Gasteiger charge is -2.47. The van der Waals surface area contributed by atoms with Gasteiger partial charge in [-0.05, 0) is 18.9 Å². The maximum atomic E-state index is 12.3. The van der Waals surface area contributed by atoms with Gasteiger partial charge in [0.25, 0.3) is 5.91 Å². The molecule has 21 heavy (non-hydrogen) atoms. The lowest BCUT2D eigenvalue weighted by molar-refractivity contribution is 0.0138. The van der Waals surface area contributed by atoms with Gasteiger partial charge in [0.2, 0.25) is 0 Å². The maximum Gasteiger partial charge on any atom is 0.271 e. The Morgan fingerprint density at radius 1 is 1.33 bits per heavy atom. The van der Waals surface area contributed by atoms with Crippen molar-refractivity contribution in [2.75, 3.05) is 39.3 Å². The van der Waals surface area contributed by atoms with Crippen molar-refractivity contribution in [3.8, 4) is 0 Å². The van der Waals surface area contributed by atoms with Crippen LogP contribution in [0.1, 0.15) is 34.9 Å². The highest BCUT2D eigenvalue weighted by atomic mass is 16.1. The number of fused-ring (bicyclic) bond motifs is 3. The number of carbonyl (C=O) groups excluding carboxylic acids is 1.